The van der Waals surface area contributed by atoms with E-state index in [-0.39, 0.29) is 29.0 Å². The third-order valence-electron chi connectivity index (χ3n) is 4.48. The Balaban J connectivity index is 1.77. The summed E-state index contributed by atoms with van der Waals surface area (Å²) in [5.41, 5.74) is -1.99. The van der Waals surface area contributed by atoms with Crippen molar-refractivity contribution in [3.05, 3.63) is 50.3 Å². The van der Waals surface area contributed by atoms with Gasteiger partial charge in [0.25, 0.3) is 5.69 Å². The summed E-state index contributed by atoms with van der Waals surface area (Å²) >= 11 is 6.81. The maximum atomic E-state index is 13.0. The van der Waals surface area contributed by atoms with E-state index in [2.05, 4.69) is 4.72 Å². The summed E-state index contributed by atoms with van der Waals surface area (Å²) < 4.78 is 66.4. The van der Waals surface area contributed by atoms with Gasteiger partial charge in [-0.2, -0.15) is 13.2 Å². The van der Waals surface area contributed by atoms with Gasteiger partial charge < -0.3 is 4.90 Å². The van der Waals surface area contributed by atoms with Crippen LogP contribution in [0.5, 0.6) is 0 Å². The highest BCUT2D eigenvalue weighted by Crippen LogP contribution is 2.42. The third-order valence-corrected chi connectivity index (χ3v) is 7.71. The summed E-state index contributed by atoms with van der Waals surface area (Å²) in [6.07, 6.45) is -4.14. The minimum atomic E-state index is -4.81. The zero-order chi connectivity index (χ0) is 21.4. The lowest BCUT2D eigenvalue weighted by atomic mass is 10.0. The lowest BCUT2D eigenvalue weighted by Gasteiger charge is -2.33. The van der Waals surface area contributed by atoms with Crippen molar-refractivity contribution in [1.29, 1.82) is 0 Å². The van der Waals surface area contributed by atoms with Crippen molar-refractivity contribution in [2.45, 2.75) is 29.3 Å². The highest BCUT2D eigenvalue weighted by Gasteiger charge is 2.37. The zero-order valence-corrected chi connectivity index (χ0v) is 17.0. The molecule has 1 aliphatic rings. The van der Waals surface area contributed by atoms with E-state index >= 15 is 0 Å². The van der Waals surface area contributed by atoms with E-state index in [1.165, 1.54) is 6.07 Å². The van der Waals surface area contributed by atoms with Crippen LogP contribution in [0.3, 0.4) is 0 Å². The number of hydrogen-bond acceptors (Lipinski definition) is 6. The molecule has 0 saturated carbocycles. The second-order valence-corrected chi connectivity index (χ2v) is 9.69. The number of nitro benzene ring substituents is 1. The molecule has 3 rings (SSSR count). The predicted molar refractivity (Wildman–Crippen MR) is 103 cm³/mol. The predicted octanol–water partition coefficient (Wildman–Crippen LogP) is 4.28. The van der Waals surface area contributed by atoms with Gasteiger partial charge >= 0.3 is 6.18 Å². The molecule has 0 aliphatic carbocycles. The smallest absolute Gasteiger partial charge is 0.366 e. The van der Waals surface area contributed by atoms with Gasteiger partial charge in [0.2, 0.25) is 10.0 Å². The molecule has 1 aliphatic heterocycles. The van der Waals surface area contributed by atoms with Crippen LogP contribution in [-0.4, -0.2) is 32.5 Å². The second-order valence-electron chi connectivity index (χ2n) is 6.39. The molecule has 0 atom stereocenters. The number of nitrogens with one attached hydrogen (secondary N) is 1. The molecule has 0 amide bonds. The zero-order valence-electron chi connectivity index (χ0n) is 14.6. The number of nitrogens with zero attached hydrogens (tertiary/aromatic N) is 2. The number of alkyl halides is 3. The highest BCUT2D eigenvalue weighted by molar-refractivity contribution is 7.91. The molecule has 0 radical (unpaired) electrons. The van der Waals surface area contributed by atoms with Crippen LogP contribution in [0.2, 0.25) is 5.02 Å². The fourth-order valence-corrected chi connectivity index (χ4v) is 5.68. The average Bonchev–Trinajstić information content (AvgIpc) is 3.16. The van der Waals surface area contributed by atoms with Crippen molar-refractivity contribution in [1.82, 2.24) is 4.72 Å². The lowest BCUT2D eigenvalue weighted by molar-refractivity contribution is -0.384. The average molecular weight is 470 g/mol. The molecule has 7 nitrogen and oxygen atoms in total. The Morgan fingerprint density at radius 1 is 1.28 bits per heavy atom. The van der Waals surface area contributed by atoms with Crippen LogP contribution < -0.4 is 9.62 Å². The Bertz CT molecular complexity index is 1010. The monoisotopic (exact) mass is 469 g/mol. The number of benzene rings is 1. The molecule has 2 aromatic rings. The van der Waals surface area contributed by atoms with Crippen molar-refractivity contribution in [3.63, 3.8) is 0 Å². The van der Waals surface area contributed by atoms with Crippen molar-refractivity contribution in [3.8, 4) is 0 Å². The maximum Gasteiger partial charge on any atom is 0.418 e. The number of thiophene rings is 1. The van der Waals surface area contributed by atoms with E-state index in [4.69, 9.17) is 11.6 Å². The lowest BCUT2D eigenvalue weighted by Crippen LogP contribution is -2.44. The third kappa shape index (κ3) is 4.82. The summed E-state index contributed by atoms with van der Waals surface area (Å²) in [7, 11) is -3.65. The minimum absolute atomic E-state index is 0.0208. The van der Waals surface area contributed by atoms with Crippen molar-refractivity contribution in [2.24, 2.45) is 0 Å². The molecular weight excluding hydrogens is 455 g/mol. The number of sulfonamides is 1. The van der Waals surface area contributed by atoms with Crippen molar-refractivity contribution < 1.29 is 26.5 Å². The molecule has 2 heterocycles. The Hall–Kier alpha value is -1.89. The second kappa shape index (κ2) is 8.09. The first-order chi connectivity index (χ1) is 13.5. The number of halogens is 4. The number of piperidine rings is 1. The van der Waals surface area contributed by atoms with Gasteiger partial charge in [0.15, 0.2) is 0 Å². The van der Waals surface area contributed by atoms with E-state index in [9.17, 15) is 31.7 Å². The Morgan fingerprint density at radius 3 is 2.45 bits per heavy atom. The summed E-state index contributed by atoms with van der Waals surface area (Å²) in [4.78, 5) is 12.0. The van der Waals surface area contributed by atoms with Gasteiger partial charge in [-0.25, -0.2) is 13.1 Å². The molecule has 158 valence electrons. The summed E-state index contributed by atoms with van der Waals surface area (Å²) in [5.74, 6) is 0. The quantitative estimate of drug-likeness (QED) is 0.521. The molecule has 1 fully saturated rings. The van der Waals surface area contributed by atoms with E-state index < -0.39 is 37.4 Å². The molecule has 0 spiro atoms. The molecular formula is C16H15ClF3N3O4S2. The van der Waals surface area contributed by atoms with E-state index in [1.54, 1.807) is 16.3 Å². The number of rotatable bonds is 5. The molecule has 0 bridgehead atoms. The molecule has 1 aromatic heterocycles. The van der Waals surface area contributed by atoms with Crippen LogP contribution in [0.15, 0.2) is 33.9 Å². The summed E-state index contributed by atoms with van der Waals surface area (Å²) in [5, 5.41) is 12.3. The molecule has 29 heavy (non-hydrogen) atoms. The van der Waals surface area contributed by atoms with Crippen LogP contribution in [0.4, 0.5) is 24.5 Å². The van der Waals surface area contributed by atoms with Crippen LogP contribution in [-0.2, 0) is 16.2 Å². The summed E-state index contributed by atoms with van der Waals surface area (Å²) in [6.45, 7) is 0.445. The van der Waals surface area contributed by atoms with Crippen molar-refractivity contribution >= 4 is 44.3 Å². The van der Waals surface area contributed by atoms with Crippen LogP contribution in [0.1, 0.15) is 18.4 Å². The Kier molecular flexibility index (Phi) is 6.08. The molecule has 13 heteroatoms. The van der Waals surface area contributed by atoms with Gasteiger partial charge in [0, 0.05) is 25.2 Å². The molecule has 1 saturated heterocycles. The fourth-order valence-electron chi connectivity index (χ4n) is 3.10. The van der Waals surface area contributed by atoms with Gasteiger partial charge in [0.05, 0.1) is 15.5 Å². The fraction of sp³-hybridized carbons (Fsp3) is 0.375. The largest absolute Gasteiger partial charge is 0.418 e. The van der Waals surface area contributed by atoms with Crippen LogP contribution in [0.25, 0.3) is 0 Å². The van der Waals surface area contributed by atoms with Crippen LogP contribution >= 0.6 is 22.9 Å². The molecule has 0 unspecified atom stereocenters. The number of nitro groups is 1. The van der Waals surface area contributed by atoms with Gasteiger partial charge in [-0.1, -0.05) is 17.7 Å². The summed E-state index contributed by atoms with van der Waals surface area (Å²) in [6, 6.07) is 4.09. The van der Waals surface area contributed by atoms with E-state index in [0.29, 0.717) is 18.9 Å². The standard InChI is InChI=1S/C16H15ClF3N3O4S2/c17-12-9-13(14(23(24)25)8-11(12)16(18,19)20)22-5-3-10(4-6-22)21-29(26,27)15-2-1-7-28-15/h1-2,7-10,21H,3-6H2. The van der Waals surface area contributed by atoms with Crippen LogP contribution in [0, 0.1) is 10.1 Å². The first-order valence-electron chi connectivity index (χ1n) is 8.35. The number of anilines is 1. The molecule has 1 aromatic carbocycles. The Morgan fingerprint density at radius 2 is 1.93 bits per heavy atom. The molecule has 1 N–H and O–H groups in total. The van der Waals surface area contributed by atoms with Gasteiger partial charge in [0.1, 0.15) is 9.90 Å². The van der Waals surface area contributed by atoms with Gasteiger partial charge in [-0.05, 0) is 30.4 Å². The SMILES string of the molecule is O=[N+]([O-])c1cc(C(F)(F)F)c(Cl)cc1N1CCC(NS(=O)(=O)c2cccs2)CC1. The topological polar surface area (TPSA) is 92.6 Å². The van der Waals surface area contributed by atoms with Crippen molar-refractivity contribution in [2.75, 3.05) is 18.0 Å². The first-order valence-corrected chi connectivity index (χ1v) is 11.1. The van der Waals surface area contributed by atoms with Gasteiger partial charge in [-0.15, -0.1) is 11.3 Å². The normalized spacial score (nSPS) is 16.2. The first kappa shape index (κ1) is 21.8. The number of hydrogen-bond donors (Lipinski definition) is 1. The maximum absolute atomic E-state index is 13.0. The highest BCUT2D eigenvalue weighted by atomic mass is 35.5. The minimum Gasteiger partial charge on any atom is -0.366 e. The van der Waals surface area contributed by atoms with E-state index in [0.717, 1.165) is 17.4 Å². The Labute approximate surface area is 173 Å². The van der Waals surface area contributed by atoms with Gasteiger partial charge in [-0.3, -0.25) is 10.1 Å². The van der Waals surface area contributed by atoms with E-state index in [1.807, 2.05) is 0 Å².